The van der Waals surface area contributed by atoms with Crippen LogP contribution in [-0.2, 0) is 0 Å². The maximum atomic E-state index is 6.37. The highest BCUT2D eigenvalue weighted by atomic mass is 127. The number of nitrogens with two attached hydrogens (primary N) is 1. The average Bonchev–Trinajstić information content (AvgIpc) is 2.30. The molecule has 2 N–H and O–H groups in total. The van der Waals surface area contributed by atoms with E-state index in [4.69, 9.17) is 5.73 Å². The first kappa shape index (κ1) is 11.4. The van der Waals surface area contributed by atoms with Gasteiger partial charge in [0.25, 0.3) is 0 Å². The van der Waals surface area contributed by atoms with Crippen LogP contribution in [0.1, 0.15) is 43.7 Å². The molecular weight excluding hydrogens is 297 g/mol. The molecular formula is C13H18IN. The van der Waals surface area contributed by atoms with Gasteiger partial charge in [-0.25, -0.2) is 0 Å². The first-order valence-corrected chi connectivity index (χ1v) is 6.87. The molecule has 1 fully saturated rings. The van der Waals surface area contributed by atoms with E-state index >= 15 is 0 Å². The molecule has 0 aliphatic heterocycles. The summed E-state index contributed by atoms with van der Waals surface area (Å²) in [6.07, 6.45) is 6.75. The van der Waals surface area contributed by atoms with Crippen molar-refractivity contribution >= 4 is 22.6 Å². The summed E-state index contributed by atoms with van der Waals surface area (Å²) in [5, 5.41) is 0. The Balaban J connectivity index is 2.12. The highest BCUT2D eigenvalue weighted by molar-refractivity contribution is 14.1. The Morgan fingerprint density at radius 3 is 2.47 bits per heavy atom. The number of hydrogen-bond donors (Lipinski definition) is 1. The van der Waals surface area contributed by atoms with E-state index in [-0.39, 0.29) is 6.04 Å². The van der Waals surface area contributed by atoms with E-state index in [0.717, 1.165) is 0 Å². The van der Waals surface area contributed by atoms with Gasteiger partial charge in [-0.1, -0.05) is 37.5 Å². The Morgan fingerprint density at radius 2 is 1.80 bits per heavy atom. The number of benzene rings is 1. The van der Waals surface area contributed by atoms with E-state index < -0.39 is 0 Å². The zero-order chi connectivity index (χ0) is 10.7. The van der Waals surface area contributed by atoms with Crippen molar-refractivity contribution in [3.63, 3.8) is 0 Å². The van der Waals surface area contributed by atoms with Gasteiger partial charge in [0.1, 0.15) is 0 Å². The SMILES string of the molecule is NC(c1ccccc1I)C1CCCCC1. The predicted octanol–water partition coefficient (Wildman–Crippen LogP) is 3.87. The van der Waals surface area contributed by atoms with Crippen molar-refractivity contribution in [1.82, 2.24) is 0 Å². The summed E-state index contributed by atoms with van der Waals surface area (Å²) in [7, 11) is 0. The zero-order valence-corrected chi connectivity index (χ0v) is 11.1. The molecule has 2 rings (SSSR count). The predicted molar refractivity (Wildman–Crippen MR) is 72.7 cm³/mol. The third-order valence-corrected chi connectivity index (χ3v) is 4.40. The van der Waals surface area contributed by atoms with Gasteiger partial charge in [0, 0.05) is 9.61 Å². The van der Waals surface area contributed by atoms with Crippen LogP contribution in [0.25, 0.3) is 0 Å². The van der Waals surface area contributed by atoms with E-state index in [2.05, 4.69) is 46.9 Å². The number of rotatable bonds is 2. The standard InChI is InChI=1S/C13H18IN/c14-12-9-5-4-8-11(12)13(15)10-6-2-1-3-7-10/h4-5,8-10,13H,1-3,6-7,15H2. The second kappa shape index (κ2) is 5.30. The first-order valence-electron chi connectivity index (χ1n) is 5.79. The third-order valence-electron chi connectivity index (χ3n) is 3.42. The summed E-state index contributed by atoms with van der Waals surface area (Å²) in [5.41, 5.74) is 7.70. The summed E-state index contributed by atoms with van der Waals surface area (Å²) >= 11 is 2.39. The van der Waals surface area contributed by atoms with Crippen molar-refractivity contribution in [1.29, 1.82) is 0 Å². The van der Waals surface area contributed by atoms with Crippen molar-refractivity contribution in [2.75, 3.05) is 0 Å². The lowest BCUT2D eigenvalue weighted by molar-refractivity contribution is 0.307. The lowest BCUT2D eigenvalue weighted by atomic mass is 9.81. The van der Waals surface area contributed by atoms with E-state index in [1.165, 1.54) is 41.2 Å². The van der Waals surface area contributed by atoms with Crippen molar-refractivity contribution in [3.05, 3.63) is 33.4 Å². The maximum absolute atomic E-state index is 6.37. The molecule has 1 aliphatic rings. The molecule has 0 spiro atoms. The van der Waals surface area contributed by atoms with Gasteiger partial charge < -0.3 is 5.73 Å². The molecule has 82 valence electrons. The van der Waals surface area contributed by atoms with Crippen molar-refractivity contribution < 1.29 is 0 Å². The second-order valence-corrected chi connectivity index (χ2v) is 5.61. The molecule has 2 heteroatoms. The van der Waals surface area contributed by atoms with Crippen LogP contribution in [0.15, 0.2) is 24.3 Å². The molecule has 1 nitrogen and oxygen atoms in total. The molecule has 1 unspecified atom stereocenters. The minimum atomic E-state index is 0.249. The fourth-order valence-electron chi connectivity index (χ4n) is 2.49. The quantitative estimate of drug-likeness (QED) is 0.824. The molecule has 0 aromatic heterocycles. The highest BCUT2D eigenvalue weighted by Gasteiger charge is 2.22. The van der Waals surface area contributed by atoms with Gasteiger partial charge in [0.15, 0.2) is 0 Å². The highest BCUT2D eigenvalue weighted by Crippen LogP contribution is 2.34. The van der Waals surface area contributed by atoms with Crippen LogP contribution in [0.3, 0.4) is 0 Å². The Hall–Kier alpha value is -0.0900. The molecule has 1 atom stereocenters. The van der Waals surface area contributed by atoms with Gasteiger partial charge in [-0.2, -0.15) is 0 Å². The van der Waals surface area contributed by atoms with Gasteiger partial charge in [0.2, 0.25) is 0 Å². The van der Waals surface area contributed by atoms with Gasteiger partial charge in [-0.05, 0) is 53.0 Å². The van der Waals surface area contributed by atoms with E-state index in [1.807, 2.05) is 0 Å². The van der Waals surface area contributed by atoms with Crippen LogP contribution in [0.4, 0.5) is 0 Å². The number of hydrogen-bond acceptors (Lipinski definition) is 1. The molecule has 1 aromatic rings. The van der Waals surface area contributed by atoms with Gasteiger partial charge in [0.05, 0.1) is 0 Å². The van der Waals surface area contributed by atoms with Crippen LogP contribution in [-0.4, -0.2) is 0 Å². The van der Waals surface area contributed by atoms with Crippen molar-refractivity contribution in [2.24, 2.45) is 11.7 Å². The summed E-state index contributed by atoms with van der Waals surface area (Å²) in [6.45, 7) is 0. The van der Waals surface area contributed by atoms with E-state index in [0.29, 0.717) is 5.92 Å². The first-order chi connectivity index (χ1) is 7.29. The molecule has 0 bridgehead atoms. The van der Waals surface area contributed by atoms with Crippen molar-refractivity contribution in [2.45, 2.75) is 38.1 Å². The van der Waals surface area contributed by atoms with Crippen LogP contribution >= 0.6 is 22.6 Å². The summed E-state index contributed by atoms with van der Waals surface area (Å²) in [4.78, 5) is 0. The molecule has 0 heterocycles. The number of halogens is 1. The third kappa shape index (κ3) is 2.72. The molecule has 1 aromatic carbocycles. The summed E-state index contributed by atoms with van der Waals surface area (Å²) in [5.74, 6) is 0.703. The Bertz CT molecular complexity index is 318. The van der Waals surface area contributed by atoms with Crippen LogP contribution in [0, 0.1) is 9.49 Å². The largest absolute Gasteiger partial charge is 0.324 e. The maximum Gasteiger partial charge on any atom is 0.0334 e. The molecule has 1 saturated carbocycles. The van der Waals surface area contributed by atoms with E-state index in [1.54, 1.807) is 0 Å². The minimum absolute atomic E-state index is 0.249. The molecule has 15 heavy (non-hydrogen) atoms. The Morgan fingerprint density at radius 1 is 1.13 bits per heavy atom. The molecule has 0 radical (unpaired) electrons. The normalized spacial score (nSPS) is 20.1. The second-order valence-electron chi connectivity index (χ2n) is 4.45. The van der Waals surface area contributed by atoms with Gasteiger partial charge >= 0.3 is 0 Å². The molecule has 1 aliphatic carbocycles. The fourth-order valence-corrected chi connectivity index (χ4v) is 3.24. The smallest absolute Gasteiger partial charge is 0.0334 e. The van der Waals surface area contributed by atoms with Gasteiger partial charge in [-0.3, -0.25) is 0 Å². The summed E-state index contributed by atoms with van der Waals surface area (Å²) < 4.78 is 1.31. The lowest BCUT2D eigenvalue weighted by Gasteiger charge is -2.28. The van der Waals surface area contributed by atoms with Crippen molar-refractivity contribution in [3.8, 4) is 0 Å². The summed E-state index contributed by atoms with van der Waals surface area (Å²) in [6, 6.07) is 8.76. The van der Waals surface area contributed by atoms with E-state index in [9.17, 15) is 0 Å². The average molecular weight is 315 g/mol. The monoisotopic (exact) mass is 315 g/mol. The Labute approximate surface area is 106 Å². The van der Waals surface area contributed by atoms with Crippen LogP contribution in [0.5, 0.6) is 0 Å². The lowest BCUT2D eigenvalue weighted by Crippen LogP contribution is -2.24. The van der Waals surface area contributed by atoms with Crippen LogP contribution in [0.2, 0.25) is 0 Å². The van der Waals surface area contributed by atoms with Crippen LogP contribution < -0.4 is 5.73 Å². The molecule has 0 saturated heterocycles. The Kier molecular flexibility index (Phi) is 4.03. The fraction of sp³-hybridized carbons (Fsp3) is 0.538. The minimum Gasteiger partial charge on any atom is -0.324 e. The molecule has 0 amide bonds. The zero-order valence-electron chi connectivity index (χ0n) is 8.95. The topological polar surface area (TPSA) is 26.0 Å². The van der Waals surface area contributed by atoms with Gasteiger partial charge in [-0.15, -0.1) is 0 Å².